The van der Waals surface area contributed by atoms with Crippen molar-refractivity contribution in [2.75, 3.05) is 125 Å². The molecule has 1 amide bonds. The molecule has 0 saturated carbocycles. The van der Waals surface area contributed by atoms with E-state index >= 15 is 0 Å². The average Bonchev–Trinajstić information content (AvgIpc) is 3.79. The second kappa shape index (κ2) is 32.7. The minimum absolute atomic E-state index is 0.249. The van der Waals surface area contributed by atoms with E-state index in [1.165, 1.54) is 25.5 Å². The normalized spacial score (nSPS) is 31.9. The summed E-state index contributed by atoms with van der Waals surface area (Å²) in [6.07, 6.45) is -19.6. The first-order chi connectivity index (χ1) is 33.3. The largest absolute Gasteiger partial charge is 0.394 e. The predicted octanol–water partition coefficient (Wildman–Crippen LogP) is -5.53. The SMILES string of the molecule is CC(=O)N(Cc1cn(CCOCCOCCOCCOCCOCCOCCOCCOCCN)nn1)C1OC(CO)[C@H](O)[C@H](OC2OC(CO)[C@H](O)[C@H](O)[C@@H]2C)[C@@H]1OC1OC(C)[C@@H](O)[C@H](O)[C@H]1O. The molecule has 69 heavy (non-hydrogen) atoms. The van der Waals surface area contributed by atoms with Crippen molar-refractivity contribution in [2.45, 2.75) is 120 Å². The fourth-order valence-corrected chi connectivity index (χ4v) is 7.38. The van der Waals surface area contributed by atoms with Gasteiger partial charge in [-0.1, -0.05) is 12.1 Å². The van der Waals surface area contributed by atoms with Crippen LogP contribution >= 0.6 is 0 Å². The molecule has 0 bridgehead atoms. The van der Waals surface area contributed by atoms with Gasteiger partial charge in [-0.05, 0) is 6.92 Å². The molecule has 4 rings (SSSR count). The third kappa shape index (κ3) is 19.3. The molecule has 402 valence electrons. The number of amides is 1. The van der Waals surface area contributed by atoms with Crippen LogP contribution in [-0.4, -0.2) is 278 Å². The van der Waals surface area contributed by atoms with E-state index in [1.54, 1.807) is 6.20 Å². The summed E-state index contributed by atoms with van der Waals surface area (Å²) in [7, 11) is 0. The third-order valence-electron chi connectivity index (χ3n) is 11.4. The molecule has 3 saturated heterocycles. The van der Waals surface area contributed by atoms with Gasteiger partial charge < -0.3 is 113 Å². The minimum atomic E-state index is -1.83. The van der Waals surface area contributed by atoms with E-state index in [4.69, 9.17) is 67.3 Å². The van der Waals surface area contributed by atoms with Crippen LogP contribution in [0.25, 0.3) is 0 Å². The maximum Gasteiger partial charge on any atom is 0.221 e. The van der Waals surface area contributed by atoms with Crippen LogP contribution in [0.15, 0.2) is 6.20 Å². The van der Waals surface area contributed by atoms with E-state index in [-0.39, 0.29) is 25.4 Å². The zero-order valence-electron chi connectivity index (χ0n) is 39.7. The zero-order valence-corrected chi connectivity index (χ0v) is 39.7. The first-order valence-corrected chi connectivity index (χ1v) is 23.4. The molecule has 1 aromatic heterocycles. The number of aliphatic hydroxyl groups excluding tert-OH is 8. The molecule has 0 aromatic carbocycles. The number of hydrogen-bond acceptors (Lipinski definition) is 25. The molecule has 0 radical (unpaired) electrons. The predicted molar refractivity (Wildman–Crippen MR) is 233 cm³/mol. The average molecular weight is 1000 g/mol. The summed E-state index contributed by atoms with van der Waals surface area (Å²) in [5, 5.41) is 93.1. The lowest BCUT2D eigenvalue weighted by molar-refractivity contribution is -0.373. The molecule has 15 atom stereocenters. The van der Waals surface area contributed by atoms with Crippen LogP contribution in [0.5, 0.6) is 0 Å². The maximum atomic E-state index is 13.4. The van der Waals surface area contributed by atoms with E-state index in [2.05, 4.69) is 10.3 Å². The molecule has 0 aliphatic carbocycles. The third-order valence-corrected chi connectivity index (χ3v) is 11.4. The van der Waals surface area contributed by atoms with Crippen molar-refractivity contribution in [1.82, 2.24) is 19.9 Å². The van der Waals surface area contributed by atoms with Gasteiger partial charge in [0.05, 0.1) is 150 Å². The number of nitrogens with zero attached hydrogens (tertiary/aromatic N) is 4. The van der Waals surface area contributed by atoms with Crippen molar-refractivity contribution in [2.24, 2.45) is 11.7 Å². The Morgan fingerprint density at radius 3 is 1.58 bits per heavy atom. The quantitative estimate of drug-likeness (QED) is 0.0286. The van der Waals surface area contributed by atoms with Gasteiger partial charge >= 0.3 is 0 Å². The number of ether oxygens (including phenoxy) is 13. The number of aliphatic hydroxyl groups is 8. The molecule has 6 unspecified atom stereocenters. The van der Waals surface area contributed by atoms with Crippen LogP contribution < -0.4 is 5.73 Å². The molecule has 4 heterocycles. The van der Waals surface area contributed by atoms with Crippen molar-refractivity contribution >= 4 is 5.91 Å². The fraction of sp³-hybridized carbons (Fsp3) is 0.929. The Kier molecular flexibility index (Phi) is 28.1. The Balaban J connectivity index is 1.19. The maximum absolute atomic E-state index is 13.4. The second-order valence-corrected chi connectivity index (χ2v) is 16.5. The van der Waals surface area contributed by atoms with Crippen LogP contribution in [0.3, 0.4) is 0 Å². The van der Waals surface area contributed by atoms with Gasteiger partial charge in [-0.2, -0.15) is 0 Å². The minimum Gasteiger partial charge on any atom is -0.394 e. The monoisotopic (exact) mass is 1000 g/mol. The lowest BCUT2D eigenvalue weighted by Gasteiger charge is -2.51. The summed E-state index contributed by atoms with van der Waals surface area (Å²) in [4.78, 5) is 14.6. The van der Waals surface area contributed by atoms with Crippen molar-refractivity contribution in [3.8, 4) is 0 Å². The lowest BCUT2D eigenvalue weighted by Crippen LogP contribution is -2.68. The number of carbonyl (C=O) groups is 1. The van der Waals surface area contributed by atoms with E-state index in [9.17, 15) is 45.6 Å². The number of carbonyl (C=O) groups excluding carboxylic acids is 1. The van der Waals surface area contributed by atoms with Crippen LogP contribution in [0.2, 0.25) is 0 Å². The van der Waals surface area contributed by atoms with Crippen LogP contribution in [0.1, 0.15) is 26.5 Å². The molecule has 0 spiro atoms. The van der Waals surface area contributed by atoms with Gasteiger partial charge in [0, 0.05) is 19.4 Å². The molecule has 3 aliphatic rings. The van der Waals surface area contributed by atoms with Crippen molar-refractivity contribution in [3.05, 3.63) is 11.9 Å². The van der Waals surface area contributed by atoms with E-state index in [1.807, 2.05) is 0 Å². The second-order valence-electron chi connectivity index (χ2n) is 16.5. The molecular formula is C42H77N5O22. The summed E-state index contributed by atoms with van der Waals surface area (Å²) in [5.41, 5.74) is 5.63. The topological polar surface area (TPSA) is 359 Å². The Morgan fingerprint density at radius 2 is 1.09 bits per heavy atom. The van der Waals surface area contributed by atoms with E-state index in [0.29, 0.717) is 106 Å². The zero-order chi connectivity index (χ0) is 50.1. The lowest BCUT2D eigenvalue weighted by atomic mass is 9.91. The van der Waals surface area contributed by atoms with E-state index < -0.39 is 111 Å². The standard InChI is InChI=1S/C42H77N5O22/c1-26-32(51)34(53)30(24-48)67-41(26)68-38-35(54)31(25-49)66-40(39(38)69-42-37(56)36(55)33(52)27(2)65-42)47(28(3)50)23-29-22-46(45-44-29)5-7-58-9-11-60-13-15-62-17-19-64-21-20-63-18-16-61-14-12-59-10-8-57-6-4-43/h22,26-27,30-42,48-49,51-56H,4-21,23-25,43H2,1-3H3/t26-,27?,30?,31?,32+,33+,34-,35-,36-,37+,38-,39-,40?,41?,42?/m0/s1. The molecule has 3 fully saturated rings. The van der Waals surface area contributed by atoms with Gasteiger partial charge in [-0.15, -0.1) is 5.10 Å². The fourth-order valence-electron chi connectivity index (χ4n) is 7.38. The number of rotatable bonds is 35. The van der Waals surface area contributed by atoms with Gasteiger partial charge in [-0.25, -0.2) is 4.68 Å². The molecule has 1 aromatic rings. The highest BCUT2D eigenvalue weighted by atomic mass is 16.7. The van der Waals surface area contributed by atoms with E-state index in [0.717, 1.165) is 4.90 Å². The summed E-state index contributed by atoms with van der Waals surface area (Å²) in [5.74, 6) is -1.54. The first kappa shape index (κ1) is 59.3. The van der Waals surface area contributed by atoms with Crippen molar-refractivity contribution < 1.29 is 107 Å². The highest BCUT2D eigenvalue weighted by molar-refractivity contribution is 5.73. The Morgan fingerprint density at radius 1 is 0.609 bits per heavy atom. The Hall–Kier alpha value is -2.27. The van der Waals surface area contributed by atoms with Gasteiger partial charge in [0.25, 0.3) is 0 Å². The van der Waals surface area contributed by atoms with Gasteiger partial charge in [0.15, 0.2) is 18.8 Å². The van der Waals surface area contributed by atoms with Crippen LogP contribution in [0.4, 0.5) is 0 Å². The molecule has 10 N–H and O–H groups in total. The van der Waals surface area contributed by atoms with Gasteiger partial charge in [0.2, 0.25) is 5.91 Å². The summed E-state index contributed by atoms with van der Waals surface area (Å²) in [6, 6.07) is 0. The number of hydrogen-bond donors (Lipinski definition) is 9. The first-order valence-electron chi connectivity index (χ1n) is 23.4. The Bertz CT molecular complexity index is 1510. The Labute approximate surface area is 401 Å². The van der Waals surface area contributed by atoms with Crippen LogP contribution in [0, 0.1) is 5.92 Å². The highest BCUT2D eigenvalue weighted by Crippen LogP contribution is 2.36. The summed E-state index contributed by atoms with van der Waals surface area (Å²) < 4.78 is 75.2. The van der Waals surface area contributed by atoms with Crippen molar-refractivity contribution in [1.29, 1.82) is 0 Å². The summed E-state index contributed by atoms with van der Waals surface area (Å²) in [6.45, 7) is 9.95. The highest BCUT2D eigenvalue weighted by Gasteiger charge is 2.55. The van der Waals surface area contributed by atoms with Crippen LogP contribution in [-0.2, 0) is 79.5 Å². The van der Waals surface area contributed by atoms with Crippen molar-refractivity contribution in [3.63, 3.8) is 0 Å². The summed E-state index contributed by atoms with van der Waals surface area (Å²) >= 11 is 0. The molecular weight excluding hydrogens is 926 g/mol. The van der Waals surface area contributed by atoms with Gasteiger partial charge in [0.1, 0.15) is 60.6 Å². The number of nitrogens with two attached hydrogens (primary N) is 1. The molecule has 27 nitrogen and oxygen atoms in total. The molecule has 3 aliphatic heterocycles. The number of aromatic nitrogens is 3. The van der Waals surface area contributed by atoms with Gasteiger partial charge in [-0.3, -0.25) is 4.79 Å². The molecule has 27 heteroatoms. The smallest absolute Gasteiger partial charge is 0.221 e.